The zero-order chi connectivity index (χ0) is 21.8. The first-order valence-electron chi connectivity index (χ1n) is 10.5. The van der Waals surface area contributed by atoms with Crippen LogP contribution in [-0.4, -0.2) is 35.8 Å². The summed E-state index contributed by atoms with van der Waals surface area (Å²) in [6.45, 7) is 1.86. The summed E-state index contributed by atoms with van der Waals surface area (Å²) in [5.74, 6) is 0. The molecule has 4 rings (SSSR count). The first-order valence-corrected chi connectivity index (χ1v) is 11.4. The third-order valence-corrected chi connectivity index (χ3v) is 6.55. The van der Waals surface area contributed by atoms with Crippen molar-refractivity contribution in [1.29, 1.82) is 0 Å². The lowest BCUT2D eigenvalue weighted by Gasteiger charge is -2.22. The van der Waals surface area contributed by atoms with Crippen LogP contribution in [0.1, 0.15) is 37.8 Å². The molecule has 1 saturated carbocycles. The Morgan fingerprint density at radius 1 is 1.16 bits per heavy atom. The normalized spacial score (nSPS) is 17.9. The van der Waals surface area contributed by atoms with Gasteiger partial charge in [-0.2, -0.15) is 0 Å². The number of hydrogen-bond acceptors (Lipinski definition) is 6. The molecular formula is C22H27N5O3S. The number of carbonyl (C=O) groups is 2. The third kappa shape index (κ3) is 5.22. The first-order chi connectivity index (χ1) is 15.0. The van der Waals surface area contributed by atoms with Crippen LogP contribution in [-0.2, 0) is 4.74 Å². The summed E-state index contributed by atoms with van der Waals surface area (Å²) >= 11 is 1.53. The zero-order valence-corrected chi connectivity index (χ0v) is 18.5. The van der Waals surface area contributed by atoms with E-state index < -0.39 is 6.09 Å². The van der Waals surface area contributed by atoms with Crippen molar-refractivity contribution >= 4 is 35.3 Å². The van der Waals surface area contributed by atoms with Gasteiger partial charge in [-0.05, 0) is 56.4 Å². The molecule has 3 amide bonds. The van der Waals surface area contributed by atoms with Crippen molar-refractivity contribution in [3.63, 3.8) is 0 Å². The molecule has 0 radical (unpaired) electrons. The molecule has 4 N–H and O–H groups in total. The van der Waals surface area contributed by atoms with Gasteiger partial charge in [0.05, 0.1) is 17.1 Å². The highest BCUT2D eigenvalue weighted by Gasteiger charge is 2.23. The van der Waals surface area contributed by atoms with Crippen LogP contribution >= 0.6 is 11.8 Å². The van der Waals surface area contributed by atoms with Crippen LogP contribution in [0.5, 0.6) is 0 Å². The van der Waals surface area contributed by atoms with Crippen molar-refractivity contribution < 1.29 is 14.3 Å². The maximum Gasteiger partial charge on any atom is 0.411 e. The number of anilines is 2. The van der Waals surface area contributed by atoms with E-state index in [1.54, 1.807) is 13.2 Å². The largest absolute Gasteiger partial charge is 0.446 e. The van der Waals surface area contributed by atoms with Crippen molar-refractivity contribution in [2.45, 2.75) is 55.5 Å². The minimum absolute atomic E-state index is 0.00257. The third-order valence-electron chi connectivity index (χ3n) is 5.49. The fourth-order valence-corrected chi connectivity index (χ4v) is 4.82. The molecule has 164 valence electrons. The van der Waals surface area contributed by atoms with Gasteiger partial charge < -0.3 is 20.7 Å². The number of benzene rings is 1. The fraction of sp³-hybridized carbons (Fsp3) is 0.409. The van der Waals surface area contributed by atoms with E-state index >= 15 is 0 Å². The Morgan fingerprint density at radius 2 is 1.97 bits per heavy atom. The predicted molar refractivity (Wildman–Crippen MR) is 122 cm³/mol. The van der Waals surface area contributed by atoms with Gasteiger partial charge in [-0.15, -0.1) is 0 Å². The predicted octanol–water partition coefficient (Wildman–Crippen LogP) is 4.67. The van der Waals surface area contributed by atoms with E-state index in [4.69, 9.17) is 4.74 Å². The van der Waals surface area contributed by atoms with E-state index in [9.17, 15) is 9.59 Å². The van der Waals surface area contributed by atoms with Crippen LogP contribution in [0, 0.1) is 6.92 Å². The molecule has 0 saturated heterocycles. The molecule has 0 bridgehead atoms. The van der Waals surface area contributed by atoms with Gasteiger partial charge in [-0.1, -0.05) is 24.2 Å². The minimum Gasteiger partial charge on any atom is -0.446 e. The number of rotatable bonds is 4. The molecule has 2 aliphatic rings. The van der Waals surface area contributed by atoms with E-state index in [1.165, 1.54) is 18.2 Å². The molecule has 2 heterocycles. The van der Waals surface area contributed by atoms with Crippen LogP contribution in [0.15, 0.2) is 35.4 Å². The number of fused-ring (bicyclic) bond motifs is 1. The highest BCUT2D eigenvalue weighted by Crippen LogP contribution is 2.40. The number of pyridine rings is 1. The second-order valence-corrected chi connectivity index (χ2v) is 8.87. The molecule has 9 heteroatoms. The van der Waals surface area contributed by atoms with Crippen molar-refractivity contribution in [2.75, 3.05) is 17.7 Å². The van der Waals surface area contributed by atoms with Crippen LogP contribution < -0.4 is 21.3 Å². The molecular weight excluding hydrogens is 414 g/mol. The number of nitrogens with one attached hydrogen (secondary N) is 4. The van der Waals surface area contributed by atoms with Gasteiger partial charge in [0.1, 0.15) is 6.10 Å². The lowest BCUT2D eigenvalue weighted by Crippen LogP contribution is -2.41. The SMILES string of the molecule is CNC(=O)NC1Nc2ccc(-c3cnc(C)c(NC(=O)OC4CCCCC4)c3)cc2S1. The Hall–Kier alpha value is -2.94. The molecule has 8 nitrogen and oxygen atoms in total. The average Bonchev–Trinajstić information content (AvgIpc) is 3.17. The Labute approximate surface area is 185 Å². The number of hydrogen-bond donors (Lipinski definition) is 4. The molecule has 1 aliphatic carbocycles. The van der Waals surface area contributed by atoms with Gasteiger partial charge in [0.25, 0.3) is 0 Å². The summed E-state index contributed by atoms with van der Waals surface area (Å²) in [7, 11) is 1.58. The van der Waals surface area contributed by atoms with Crippen LogP contribution in [0.3, 0.4) is 0 Å². The van der Waals surface area contributed by atoms with E-state index in [0.717, 1.165) is 53.1 Å². The molecule has 1 aromatic carbocycles. The van der Waals surface area contributed by atoms with Gasteiger partial charge in [-0.25, -0.2) is 9.59 Å². The molecule has 1 unspecified atom stereocenters. The van der Waals surface area contributed by atoms with E-state index in [2.05, 4.69) is 32.3 Å². The van der Waals surface area contributed by atoms with Crippen molar-refractivity contribution in [1.82, 2.24) is 15.6 Å². The summed E-state index contributed by atoms with van der Waals surface area (Å²) in [5.41, 5.74) is 3.98. The number of aryl methyl sites for hydroxylation is 1. The number of aromatic nitrogens is 1. The van der Waals surface area contributed by atoms with Crippen molar-refractivity contribution in [2.24, 2.45) is 0 Å². The smallest absolute Gasteiger partial charge is 0.411 e. The lowest BCUT2D eigenvalue weighted by atomic mass is 9.98. The maximum atomic E-state index is 12.4. The number of thioether (sulfide) groups is 1. The average molecular weight is 442 g/mol. The highest BCUT2D eigenvalue weighted by atomic mass is 32.2. The summed E-state index contributed by atoms with van der Waals surface area (Å²) in [6, 6.07) is 7.70. The zero-order valence-electron chi connectivity index (χ0n) is 17.7. The standard InChI is InChI=1S/C22H27N5O3S/c1-13-18(26-22(29)30-16-6-4-3-5-7-16)10-15(12-24-13)14-8-9-17-19(11-14)31-21(25-17)27-20(28)23-2/h8-12,16,21,25H,3-7H2,1-2H3,(H,26,29)(H2,23,27,28). The molecule has 1 aliphatic heterocycles. The van der Waals surface area contributed by atoms with Crippen LogP contribution in [0.25, 0.3) is 11.1 Å². The number of nitrogens with zero attached hydrogens (tertiary/aromatic N) is 1. The quantitative estimate of drug-likeness (QED) is 0.550. The highest BCUT2D eigenvalue weighted by molar-refractivity contribution is 8.00. The molecule has 1 fully saturated rings. The van der Waals surface area contributed by atoms with Gasteiger partial charge in [-0.3, -0.25) is 10.3 Å². The van der Waals surface area contributed by atoms with Crippen LogP contribution in [0.2, 0.25) is 0 Å². The van der Waals surface area contributed by atoms with Crippen molar-refractivity contribution in [3.8, 4) is 11.1 Å². The lowest BCUT2D eigenvalue weighted by molar-refractivity contribution is 0.0865. The molecule has 1 aromatic heterocycles. The number of carbonyl (C=O) groups excluding carboxylic acids is 2. The monoisotopic (exact) mass is 441 g/mol. The first kappa shape index (κ1) is 21.3. The number of ether oxygens (including phenoxy) is 1. The Balaban J connectivity index is 1.45. The topological polar surface area (TPSA) is 104 Å². The van der Waals surface area contributed by atoms with E-state index in [1.807, 2.05) is 25.1 Å². The van der Waals surface area contributed by atoms with Gasteiger partial charge >= 0.3 is 12.1 Å². The van der Waals surface area contributed by atoms with E-state index in [-0.39, 0.29) is 17.6 Å². The molecule has 1 atom stereocenters. The number of urea groups is 1. The fourth-order valence-electron chi connectivity index (χ4n) is 3.76. The second-order valence-electron chi connectivity index (χ2n) is 7.72. The Kier molecular flexibility index (Phi) is 6.50. The van der Waals surface area contributed by atoms with E-state index in [0.29, 0.717) is 5.69 Å². The van der Waals surface area contributed by atoms with Gasteiger partial charge in [0.15, 0.2) is 5.50 Å². The van der Waals surface area contributed by atoms with Crippen molar-refractivity contribution in [3.05, 3.63) is 36.2 Å². The number of amides is 3. The Bertz CT molecular complexity index is 978. The summed E-state index contributed by atoms with van der Waals surface area (Å²) in [6.07, 6.45) is 6.67. The Morgan fingerprint density at radius 3 is 2.74 bits per heavy atom. The molecule has 31 heavy (non-hydrogen) atoms. The summed E-state index contributed by atoms with van der Waals surface area (Å²) in [5, 5.41) is 11.5. The molecule has 2 aromatic rings. The minimum atomic E-state index is -0.425. The van der Waals surface area contributed by atoms with Gasteiger partial charge in [0, 0.05) is 23.7 Å². The van der Waals surface area contributed by atoms with Crippen LogP contribution in [0.4, 0.5) is 21.0 Å². The summed E-state index contributed by atoms with van der Waals surface area (Å²) < 4.78 is 5.58. The van der Waals surface area contributed by atoms with Gasteiger partial charge in [0.2, 0.25) is 0 Å². The molecule has 0 spiro atoms. The maximum absolute atomic E-state index is 12.4. The summed E-state index contributed by atoms with van der Waals surface area (Å²) in [4.78, 5) is 29.4. The second kappa shape index (κ2) is 9.47.